The van der Waals surface area contributed by atoms with Gasteiger partial charge in [0.25, 0.3) is 11.5 Å². The van der Waals surface area contributed by atoms with Gasteiger partial charge in [-0.15, -0.1) is 22.7 Å². The minimum absolute atomic E-state index is 0.0817. The molecule has 4 rings (SSSR count). The summed E-state index contributed by atoms with van der Waals surface area (Å²) >= 11 is 2.52. The van der Waals surface area contributed by atoms with E-state index in [2.05, 4.69) is 10.3 Å². The van der Waals surface area contributed by atoms with Crippen molar-refractivity contribution in [1.29, 1.82) is 0 Å². The lowest BCUT2D eigenvalue weighted by Crippen LogP contribution is -2.24. The number of aromatic nitrogens is 2. The van der Waals surface area contributed by atoms with Crippen LogP contribution in [0.25, 0.3) is 10.2 Å². The number of thiophene rings is 2. The number of benzene rings is 1. The molecule has 0 atom stereocenters. The number of hydrogen-bond donors (Lipinski definition) is 1. The van der Waals surface area contributed by atoms with Gasteiger partial charge in [-0.05, 0) is 49.4 Å². The molecule has 3 heterocycles. The smallest absolute Gasteiger partial charge is 0.266 e. The van der Waals surface area contributed by atoms with Gasteiger partial charge in [0.15, 0.2) is 5.78 Å². The lowest BCUT2D eigenvalue weighted by molar-refractivity contribution is 0.0973. The highest BCUT2D eigenvalue weighted by molar-refractivity contribution is 7.20. The van der Waals surface area contributed by atoms with Gasteiger partial charge in [0.05, 0.1) is 28.0 Å². The Hall–Kier alpha value is -3.10. The van der Waals surface area contributed by atoms with Crippen molar-refractivity contribution in [3.05, 3.63) is 78.8 Å². The number of rotatable bonds is 5. The van der Waals surface area contributed by atoms with E-state index in [-0.39, 0.29) is 23.8 Å². The maximum Gasteiger partial charge on any atom is 0.266 e. The van der Waals surface area contributed by atoms with Crippen LogP contribution in [0.1, 0.15) is 36.0 Å². The Morgan fingerprint density at radius 3 is 2.67 bits per heavy atom. The maximum atomic E-state index is 13.0. The van der Waals surface area contributed by atoms with Crippen molar-refractivity contribution in [2.24, 2.45) is 0 Å². The zero-order chi connectivity index (χ0) is 21.4. The number of hydrogen-bond acceptors (Lipinski definition) is 6. The van der Waals surface area contributed by atoms with Crippen molar-refractivity contribution in [2.45, 2.75) is 27.3 Å². The second-order valence-corrected chi connectivity index (χ2v) is 9.03. The first-order valence-electron chi connectivity index (χ1n) is 9.29. The highest BCUT2D eigenvalue weighted by Gasteiger charge is 2.21. The van der Waals surface area contributed by atoms with Crippen LogP contribution in [0, 0.1) is 20.8 Å². The van der Waals surface area contributed by atoms with Crippen LogP contribution in [0.15, 0.2) is 46.8 Å². The van der Waals surface area contributed by atoms with Gasteiger partial charge in [0.2, 0.25) is 0 Å². The number of nitrogens with zero attached hydrogens (tertiary/aromatic N) is 2. The third-order valence-electron chi connectivity index (χ3n) is 4.86. The molecule has 0 bridgehead atoms. The molecule has 1 N–H and O–H groups in total. The average Bonchev–Trinajstić information content (AvgIpc) is 3.35. The molecule has 6 nitrogen and oxygen atoms in total. The molecular formula is C22H19N3O3S2. The van der Waals surface area contributed by atoms with Gasteiger partial charge in [-0.2, -0.15) is 0 Å². The largest absolute Gasteiger partial charge is 0.321 e. The number of aryl methyl sites for hydroxylation is 3. The van der Waals surface area contributed by atoms with E-state index in [9.17, 15) is 14.4 Å². The van der Waals surface area contributed by atoms with Crippen LogP contribution in [-0.2, 0) is 6.54 Å². The molecular weight excluding hydrogens is 418 g/mol. The first-order valence-corrected chi connectivity index (χ1v) is 11.0. The van der Waals surface area contributed by atoms with Gasteiger partial charge in [-0.1, -0.05) is 23.8 Å². The van der Waals surface area contributed by atoms with E-state index >= 15 is 0 Å². The molecule has 0 aliphatic heterocycles. The van der Waals surface area contributed by atoms with E-state index in [1.54, 1.807) is 19.1 Å². The quantitative estimate of drug-likeness (QED) is 0.464. The molecule has 3 aromatic heterocycles. The first kappa shape index (κ1) is 20.2. The number of carbonyl (C=O) groups is 2. The number of fused-ring (bicyclic) bond motifs is 1. The summed E-state index contributed by atoms with van der Waals surface area (Å²) in [4.78, 5) is 44.1. The van der Waals surface area contributed by atoms with E-state index in [1.165, 1.54) is 33.6 Å². The minimum atomic E-state index is -0.316. The molecule has 0 saturated carbocycles. The summed E-state index contributed by atoms with van der Waals surface area (Å²) in [7, 11) is 0. The molecule has 8 heteroatoms. The van der Waals surface area contributed by atoms with Crippen molar-refractivity contribution < 1.29 is 9.59 Å². The van der Waals surface area contributed by atoms with Crippen LogP contribution < -0.4 is 10.9 Å². The van der Waals surface area contributed by atoms with Crippen molar-refractivity contribution >= 4 is 50.3 Å². The van der Waals surface area contributed by atoms with Gasteiger partial charge in [-0.3, -0.25) is 19.0 Å². The Morgan fingerprint density at radius 1 is 1.17 bits per heavy atom. The molecule has 0 radical (unpaired) electrons. The summed E-state index contributed by atoms with van der Waals surface area (Å²) in [6.45, 7) is 5.59. The fraction of sp³-hybridized carbons (Fsp3) is 0.182. The highest BCUT2D eigenvalue weighted by Crippen LogP contribution is 2.28. The third-order valence-corrected chi connectivity index (χ3v) is 6.97. The van der Waals surface area contributed by atoms with E-state index in [4.69, 9.17) is 0 Å². The monoisotopic (exact) mass is 437 g/mol. The fourth-order valence-corrected chi connectivity index (χ4v) is 4.98. The number of anilines is 1. The molecule has 152 valence electrons. The summed E-state index contributed by atoms with van der Waals surface area (Å²) in [5, 5.41) is 5.12. The molecule has 0 fully saturated rings. The molecule has 0 aliphatic carbocycles. The zero-order valence-electron chi connectivity index (χ0n) is 16.7. The SMILES string of the molecule is Cc1ccc(NC(=O)c2sc3ncn(CC(=O)c4cccs4)c(=O)c3c2C)c(C)c1. The van der Waals surface area contributed by atoms with Crippen LogP contribution in [0.5, 0.6) is 0 Å². The van der Waals surface area contributed by atoms with Crippen molar-refractivity contribution in [3.63, 3.8) is 0 Å². The third kappa shape index (κ3) is 3.71. The normalized spacial score (nSPS) is 11.0. The van der Waals surface area contributed by atoms with Crippen molar-refractivity contribution in [2.75, 3.05) is 5.32 Å². The molecule has 0 aliphatic rings. The van der Waals surface area contributed by atoms with Crippen LogP contribution in [0.2, 0.25) is 0 Å². The van der Waals surface area contributed by atoms with Crippen LogP contribution in [-0.4, -0.2) is 21.2 Å². The lowest BCUT2D eigenvalue weighted by Gasteiger charge is -2.08. The molecule has 1 amide bonds. The van der Waals surface area contributed by atoms with Gasteiger partial charge in [0.1, 0.15) is 4.83 Å². The average molecular weight is 438 g/mol. The highest BCUT2D eigenvalue weighted by atomic mass is 32.1. The van der Waals surface area contributed by atoms with Gasteiger partial charge < -0.3 is 5.32 Å². The van der Waals surface area contributed by atoms with E-state index in [1.807, 2.05) is 37.4 Å². The fourth-order valence-electron chi connectivity index (χ4n) is 3.29. The van der Waals surface area contributed by atoms with Gasteiger partial charge in [-0.25, -0.2) is 4.98 Å². The van der Waals surface area contributed by atoms with Gasteiger partial charge >= 0.3 is 0 Å². The maximum absolute atomic E-state index is 13.0. The zero-order valence-corrected chi connectivity index (χ0v) is 18.3. The van der Waals surface area contributed by atoms with E-state index in [0.717, 1.165) is 16.8 Å². The number of amides is 1. The van der Waals surface area contributed by atoms with Crippen molar-refractivity contribution in [1.82, 2.24) is 9.55 Å². The first-order chi connectivity index (χ1) is 14.3. The Labute approximate surface area is 180 Å². The topological polar surface area (TPSA) is 81.1 Å². The second-order valence-electron chi connectivity index (χ2n) is 7.09. The summed E-state index contributed by atoms with van der Waals surface area (Å²) in [6.07, 6.45) is 1.37. The number of Topliss-reactive ketones (excluding diaryl/α,β-unsaturated/α-hetero) is 1. The molecule has 0 saturated heterocycles. The minimum Gasteiger partial charge on any atom is -0.321 e. The molecule has 0 spiro atoms. The predicted molar refractivity (Wildman–Crippen MR) is 121 cm³/mol. The lowest BCUT2D eigenvalue weighted by atomic mass is 10.1. The Bertz CT molecular complexity index is 1330. The van der Waals surface area contributed by atoms with Crippen molar-refractivity contribution in [3.8, 4) is 0 Å². The summed E-state index contributed by atoms with van der Waals surface area (Å²) in [5.74, 6) is -0.419. The van der Waals surface area contributed by atoms with E-state index < -0.39 is 0 Å². The second kappa shape index (κ2) is 7.97. The molecule has 30 heavy (non-hydrogen) atoms. The van der Waals surface area contributed by atoms with Gasteiger partial charge in [0, 0.05) is 5.69 Å². The molecule has 0 unspecified atom stereocenters. The molecule has 4 aromatic rings. The van der Waals surface area contributed by atoms with Crippen LogP contribution in [0.4, 0.5) is 5.69 Å². The Balaban J connectivity index is 1.66. The summed E-state index contributed by atoms with van der Waals surface area (Å²) in [5.41, 5.74) is 3.08. The molecule has 1 aromatic carbocycles. The van der Waals surface area contributed by atoms with E-state index in [0.29, 0.717) is 25.5 Å². The Morgan fingerprint density at radius 2 is 1.97 bits per heavy atom. The van der Waals surface area contributed by atoms with Crippen LogP contribution in [0.3, 0.4) is 0 Å². The summed E-state index contributed by atoms with van der Waals surface area (Å²) in [6, 6.07) is 9.33. The standard InChI is InChI=1S/C22H19N3O3S2/c1-12-6-7-15(13(2)9-12)24-20(27)19-14(3)18-21(30-19)23-11-25(22(18)28)10-16(26)17-5-4-8-29-17/h4-9,11H,10H2,1-3H3,(H,24,27). The predicted octanol–water partition coefficient (Wildman–Crippen LogP) is 4.58. The summed E-state index contributed by atoms with van der Waals surface area (Å²) < 4.78 is 1.30. The number of nitrogens with one attached hydrogen (secondary N) is 1. The number of carbonyl (C=O) groups excluding carboxylic acids is 2. The van der Waals surface area contributed by atoms with Crippen LogP contribution >= 0.6 is 22.7 Å². The number of ketones is 1. The Kier molecular flexibility index (Phi) is 5.36.